The summed E-state index contributed by atoms with van der Waals surface area (Å²) in [6, 6.07) is 13.3. The fraction of sp³-hybridized carbons (Fsp3) is 0. The number of nitrogens with one attached hydrogen (secondary N) is 1. The Balaban J connectivity index is 2.19. The van der Waals surface area contributed by atoms with Gasteiger partial charge in [-0.2, -0.15) is 0 Å². The van der Waals surface area contributed by atoms with Gasteiger partial charge in [0, 0.05) is 11.1 Å². The molecule has 0 unspecified atom stereocenters. The van der Waals surface area contributed by atoms with Gasteiger partial charge in [-0.25, -0.2) is 9.37 Å². The van der Waals surface area contributed by atoms with E-state index < -0.39 is 0 Å². The first kappa shape index (κ1) is 9.09. The molecule has 3 aromatic rings. The van der Waals surface area contributed by atoms with E-state index in [0.29, 0.717) is 5.65 Å². The molecule has 0 aliphatic heterocycles. The number of benzene rings is 1. The molecule has 0 saturated carbocycles. The van der Waals surface area contributed by atoms with Crippen molar-refractivity contribution in [2.45, 2.75) is 0 Å². The minimum atomic E-state index is -0.314. The van der Waals surface area contributed by atoms with Crippen LogP contribution in [0.15, 0.2) is 48.7 Å². The molecule has 78 valence electrons. The van der Waals surface area contributed by atoms with Crippen molar-refractivity contribution in [3.05, 3.63) is 54.5 Å². The Morgan fingerprint density at radius 3 is 2.69 bits per heavy atom. The van der Waals surface area contributed by atoms with Crippen molar-refractivity contribution in [1.29, 1.82) is 0 Å². The normalized spacial score (nSPS) is 10.8. The summed E-state index contributed by atoms with van der Waals surface area (Å²) in [5, 5.41) is 0.791. The fourth-order valence-corrected chi connectivity index (χ4v) is 1.76. The molecule has 16 heavy (non-hydrogen) atoms. The highest BCUT2D eigenvalue weighted by Crippen LogP contribution is 2.22. The Kier molecular flexibility index (Phi) is 1.96. The molecule has 0 atom stereocenters. The zero-order valence-corrected chi connectivity index (χ0v) is 8.44. The molecule has 3 heteroatoms. The van der Waals surface area contributed by atoms with Crippen LogP contribution in [0.4, 0.5) is 4.39 Å². The molecule has 0 aliphatic carbocycles. The molecule has 0 bridgehead atoms. The Labute approximate surface area is 91.8 Å². The van der Waals surface area contributed by atoms with E-state index in [4.69, 9.17) is 0 Å². The van der Waals surface area contributed by atoms with E-state index >= 15 is 0 Å². The van der Waals surface area contributed by atoms with Crippen LogP contribution in [-0.4, -0.2) is 9.97 Å². The van der Waals surface area contributed by atoms with Gasteiger partial charge in [-0.3, -0.25) is 0 Å². The molecule has 2 nitrogen and oxygen atoms in total. The van der Waals surface area contributed by atoms with Crippen LogP contribution < -0.4 is 0 Å². The highest BCUT2D eigenvalue weighted by Gasteiger charge is 2.04. The van der Waals surface area contributed by atoms with Crippen molar-refractivity contribution < 1.29 is 4.39 Å². The van der Waals surface area contributed by atoms with E-state index in [1.54, 1.807) is 0 Å². The standard InChI is InChI=1S/C13H9FN2/c14-11-6-10-7-12(16-13(10)15-8-11)9-4-2-1-3-5-9/h1-8H,(H,15,16). The van der Waals surface area contributed by atoms with Crippen molar-refractivity contribution in [1.82, 2.24) is 9.97 Å². The third-order valence-electron chi connectivity index (χ3n) is 2.52. The lowest BCUT2D eigenvalue weighted by molar-refractivity contribution is 0.624. The second-order valence-electron chi connectivity index (χ2n) is 3.64. The summed E-state index contributed by atoms with van der Waals surface area (Å²) in [4.78, 5) is 7.16. The van der Waals surface area contributed by atoms with Gasteiger partial charge in [0.2, 0.25) is 0 Å². The number of rotatable bonds is 1. The van der Waals surface area contributed by atoms with E-state index in [0.717, 1.165) is 16.6 Å². The predicted molar refractivity (Wildman–Crippen MR) is 61.5 cm³/mol. The van der Waals surface area contributed by atoms with Gasteiger partial charge < -0.3 is 4.98 Å². The third-order valence-corrected chi connectivity index (χ3v) is 2.52. The van der Waals surface area contributed by atoms with Gasteiger partial charge in [0.15, 0.2) is 0 Å². The number of H-pyrrole nitrogens is 1. The second-order valence-corrected chi connectivity index (χ2v) is 3.64. The molecular weight excluding hydrogens is 203 g/mol. The molecule has 3 rings (SSSR count). The van der Waals surface area contributed by atoms with E-state index in [1.165, 1.54) is 12.3 Å². The average molecular weight is 212 g/mol. The molecule has 0 saturated heterocycles. The van der Waals surface area contributed by atoms with Gasteiger partial charge in [-0.05, 0) is 17.7 Å². The summed E-state index contributed by atoms with van der Waals surface area (Å²) in [6.45, 7) is 0. The summed E-state index contributed by atoms with van der Waals surface area (Å²) in [6.07, 6.45) is 1.22. The molecule has 0 aliphatic rings. The fourth-order valence-electron chi connectivity index (χ4n) is 1.76. The first-order valence-electron chi connectivity index (χ1n) is 5.02. The quantitative estimate of drug-likeness (QED) is 0.658. The number of aromatic amines is 1. The Morgan fingerprint density at radius 1 is 1.06 bits per heavy atom. The van der Waals surface area contributed by atoms with Crippen LogP contribution in [0.2, 0.25) is 0 Å². The van der Waals surface area contributed by atoms with E-state index in [2.05, 4.69) is 9.97 Å². The lowest BCUT2D eigenvalue weighted by Gasteiger charge is -1.94. The maximum Gasteiger partial charge on any atom is 0.142 e. The Morgan fingerprint density at radius 2 is 1.88 bits per heavy atom. The van der Waals surface area contributed by atoms with Crippen molar-refractivity contribution in [3.63, 3.8) is 0 Å². The number of aromatic nitrogens is 2. The third kappa shape index (κ3) is 1.46. The van der Waals surface area contributed by atoms with Gasteiger partial charge in [-0.15, -0.1) is 0 Å². The summed E-state index contributed by atoms with van der Waals surface area (Å²) >= 11 is 0. The average Bonchev–Trinajstić information content (AvgIpc) is 2.73. The van der Waals surface area contributed by atoms with E-state index in [9.17, 15) is 4.39 Å². The zero-order chi connectivity index (χ0) is 11.0. The van der Waals surface area contributed by atoms with Gasteiger partial charge in [0.1, 0.15) is 11.5 Å². The van der Waals surface area contributed by atoms with Gasteiger partial charge >= 0.3 is 0 Å². The maximum atomic E-state index is 13.0. The van der Waals surface area contributed by atoms with Crippen LogP contribution in [-0.2, 0) is 0 Å². The van der Waals surface area contributed by atoms with Crippen LogP contribution in [0.1, 0.15) is 0 Å². The molecule has 0 spiro atoms. The van der Waals surface area contributed by atoms with Crippen molar-refractivity contribution in [3.8, 4) is 11.3 Å². The molecule has 2 heterocycles. The molecule has 0 fully saturated rings. The number of nitrogens with zero attached hydrogens (tertiary/aromatic N) is 1. The first-order valence-corrected chi connectivity index (χ1v) is 5.02. The second kappa shape index (κ2) is 3.45. The number of fused-ring (bicyclic) bond motifs is 1. The maximum absolute atomic E-state index is 13.0. The molecule has 2 aromatic heterocycles. The lowest BCUT2D eigenvalue weighted by Crippen LogP contribution is -1.79. The Bertz CT molecular complexity index is 629. The van der Waals surface area contributed by atoms with Crippen molar-refractivity contribution >= 4 is 11.0 Å². The summed E-state index contributed by atoms with van der Waals surface area (Å²) in [7, 11) is 0. The van der Waals surface area contributed by atoms with Crippen molar-refractivity contribution in [2.75, 3.05) is 0 Å². The minimum absolute atomic E-state index is 0.314. The van der Waals surface area contributed by atoms with Crippen LogP contribution in [0, 0.1) is 5.82 Å². The zero-order valence-electron chi connectivity index (χ0n) is 8.44. The Hall–Kier alpha value is -2.16. The van der Waals surface area contributed by atoms with Gasteiger partial charge in [0.05, 0.1) is 6.20 Å². The summed E-state index contributed by atoms with van der Waals surface area (Å²) in [5.41, 5.74) is 2.73. The van der Waals surface area contributed by atoms with Crippen LogP contribution >= 0.6 is 0 Å². The predicted octanol–water partition coefficient (Wildman–Crippen LogP) is 3.37. The number of hydrogen-bond acceptors (Lipinski definition) is 1. The first-order chi connectivity index (χ1) is 7.83. The summed E-state index contributed by atoms with van der Waals surface area (Å²) < 4.78 is 13.0. The minimum Gasteiger partial charge on any atom is -0.339 e. The van der Waals surface area contributed by atoms with Crippen LogP contribution in [0.25, 0.3) is 22.3 Å². The lowest BCUT2D eigenvalue weighted by atomic mass is 10.1. The number of halogens is 1. The topological polar surface area (TPSA) is 28.7 Å². The van der Waals surface area contributed by atoms with Crippen LogP contribution in [0.5, 0.6) is 0 Å². The molecule has 0 amide bonds. The molecule has 0 radical (unpaired) electrons. The number of hydrogen-bond donors (Lipinski definition) is 1. The highest BCUT2D eigenvalue weighted by atomic mass is 19.1. The highest BCUT2D eigenvalue weighted by molar-refractivity contribution is 5.82. The SMILES string of the molecule is Fc1cnc2[nH]c(-c3ccccc3)cc2c1. The van der Waals surface area contributed by atoms with E-state index in [1.807, 2.05) is 36.4 Å². The largest absolute Gasteiger partial charge is 0.339 e. The number of pyridine rings is 1. The summed E-state index contributed by atoms with van der Waals surface area (Å²) in [5.74, 6) is -0.314. The van der Waals surface area contributed by atoms with E-state index in [-0.39, 0.29) is 5.82 Å². The molecule has 1 aromatic carbocycles. The van der Waals surface area contributed by atoms with Crippen LogP contribution in [0.3, 0.4) is 0 Å². The smallest absolute Gasteiger partial charge is 0.142 e. The van der Waals surface area contributed by atoms with Crippen molar-refractivity contribution in [2.24, 2.45) is 0 Å². The van der Waals surface area contributed by atoms with Gasteiger partial charge in [-0.1, -0.05) is 30.3 Å². The monoisotopic (exact) mass is 212 g/mol. The van der Waals surface area contributed by atoms with Gasteiger partial charge in [0.25, 0.3) is 0 Å². The molecular formula is C13H9FN2. The molecule has 1 N–H and O–H groups in total.